The van der Waals surface area contributed by atoms with Crippen LogP contribution in [0, 0.1) is 5.82 Å². The first-order valence-electron chi connectivity index (χ1n) is 7.39. The number of rotatable bonds is 4. The van der Waals surface area contributed by atoms with Crippen LogP contribution in [0.1, 0.15) is 41.7 Å². The van der Waals surface area contributed by atoms with Crippen LogP contribution < -0.4 is 5.56 Å². The molecule has 1 aliphatic carbocycles. The van der Waals surface area contributed by atoms with Gasteiger partial charge in [-0.3, -0.25) is 4.79 Å². The summed E-state index contributed by atoms with van der Waals surface area (Å²) in [6.45, 7) is -0.552. The molecule has 8 heteroatoms. The normalized spacial score (nSPS) is 16.2. The molecular formula is C16H14F4N2O2. The van der Waals surface area contributed by atoms with Crippen LogP contribution in [0.15, 0.2) is 35.1 Å². The number of nitrogens with zero attached hydrogens (tertiary/aromatic N) is 2. The average molecular weight is 342 g/mol. The lowest BCUT2D eigenvalue weighted by atomic mass is 10.1. The van der Waals surface area contributed by atoms with E-state index in [9.17, 15) is 27.5 Å². The van der Waals surface area contributed by atoms with E-state index in [1.807, 2.05) is 0 Å². The van der Waals surface area contributed by atoms with Crippen LogP contribution in [-0.2, 0) is 12.7 Å². The summed E-state index contributed by atoms with van der Waals surface area (Å²) in [5.41, 5.74) is -2.60. The summed E-state index contributed by atoms with van der Waals surface area (Å²) >= 11 is 0. The predicted octanol–water partition coefficient (Wildman–Crippen LogP) is 3.01. The summed E-state index contributed by atoms with van der Waals surface area (Å²) in [5, 5.41) is 14.0. The molecule has 0 unspecified atom stereocenters. The summed E-state index contributed by atoms with van der Waals surface area (Å²) in [6, 6.07) is 6.11. The number of hydrogen-bond acceptors (Lipinski definition) is 3. The van der Waals surface area contributed by atoms with Crippen molar-refractivity contribution in [1.82, 2.24) is 9.78 Å². The SMILES string of the molecule is O=c1c(C(F)(F)F)cc(C2CC2)nn1C[C@H](O)c1ccccc1F. The fourth-order valence-corrected chi connectivity index (χ4v) is 2.48. The second-order valence-corrected chi connectivity index (χ2v) is 5.78. The van der Waals surface area contributed by atoms with Gasteiger partial charge in [-0.25, -0.2) is 9.07 Å². The molecule has 0 aliphatic heterocycles. The molecule has 2 aromatic rings. The molecule has 128 valence electrons. The molecule has 0 saturated heterocycles. The molecule has 1 aromatic carbocycles. The van der Waals surface area contributed by atoms with Gasteiger partial charge in [-0.15, -0.1) is 0 Å². The Morgan fingerprint density at radius 1 is 1.29 bits per heavy atom. The monoisotopic (exact) mass is 342 g/mol. The van der Waals surface area contributed by atoms with E-state index in [1.165, 1.54) is 18.2 Å². The van der Waals surface area contributed by atoms with Gasteiger partial charge in [-0.05, 0) is 25.0 Å². The summed E-state index contributed by atoms with van der Waals surface area (Å²) < 4.78 is 53.4. The fraction of sp³-hybridized carbons (Fsp3) is 0.375. The average Bonchev–Trinajstić information content (AvgIpc) is 3.33. The van der Waals surface area contributed by atoms with Gasteiger partial charge in [-0.2, -0.15) is 18.3 Å². The van der Waals surface area contributed by atoms with Crippen LogP contribution >= 0.6 is 0 Å². The number of benzene rings is 1. The molecular weight excluding hydrogens is 328 g/mol. The Balaban J connectivity index is 1.99. The van der Waals surface area contributed by atoms with E-state index in [0.29, 0.717) is 17.5 Å². The van der Waals surface area contributed by atoms with Crippen molar-refractivity contribution >= 4 is 0 Å². The maximum absolute atomic E-state index is 13.7. The highest BCUT2D eigenvalue weighted by Gasteiger charge is 2.37. The lowest BCUT2D eigenvalue weighted by Crippen LogP contribution is -2.33. The molecule has 1 aliphatic rings. The van der Waals surface area contributed by atoms with Crippen molar-refractivity contribution in [3.05, 3.63) is 63.3 Å². The molecule has 1 N–H and O–H groups in total. The van der Waals surface area contributed by atoms with Crippen LogP contribution in [0.4, 0.5) is 17.6 Å². The number of aliphatic hydroxyl groups is 1. The molecule has 4 nitrogen and oxygen atoms in total. The zero-order valence-electron chi connectivity index (χ0n) is 12.4. The van der Waals surface area contributed by atoms with Gasteiger partial charge in [0, 0.05) is 11.5 Å². The number of aromatic nitrogens is 2. The van der Waals surface area contributed by atoms with Gasteiger partial charge in [0.25, 0.3) is 5.56 Å². The second kappa shape index (κ2) is 6.01. The van der Waals surface area contributed by atoms with Gasteiger partial charge in [-0.1, -0.05) is 18.2 Å². The minimum absolute atomic E-state index is 0.100. The maximum atomic E-state index is 13.7. The molecule has 0 amide bonds. The standard InChI is InChI=1S/C16H14F4N2O2/c17-12-4-2-1-3-10(12)14(23)8-22-15(24)11(16(18,19)20)7-13(21-22)9-5-6-9/h1-4,7,9,14,23H,5-6,8H2/t14-/m0/s1. The molecule has 3 rings (SSSR count). The Bertz CT molecular complexity index is 812. The molecule has 0 radical (unpaired) electrons. The highest BCUT2D eigenvalue weighted by Crippen LogP contribution is 2.40. The Kier molecular flexibility index (Phi) is 4.16. The zero-order chi connectivity index (χ0) is 17.5. The van der Waals surface area contributed by atoms with Crippen LogP contribution in [0.2, 0.25) is 0 Å². The third-order valence-electron chi connectivity index (χ3n) is 3.90. The van der Waals surface area contributed by atoms with Crippen molar-refractivity contribution in [2.24, 2.45) is 0 Å². The zero-order valence-corrected chi connectivity index (χ0v) is 12.4. The predicted molar refractivity (Wildman–Crippen MR) is 76.8 cm³/mol. The minimum Gasteiger partial charge on any atom is -0.386 e. The topological polar surface area (TPSA) is 55.1 Å². The Hall–Kier alpha value is -2.22. The lowest BCUT2D eigenvalue weighted by molar-refractivity contribution is -0.139. The fourth-order valence-electron chi connectivity index (χ4n) is 2.48. The second-order valence-electron chi connectivity index (χ2n) is 5.78. The van der Waals surface area contributed by atoms with Gasteiger partial charge < -0.3 is 5.11 Å². The van der Waals surface area contributed by atoms with Gasteiger partial charge >= 0.3 is 6.18 Å². The third kappa shape index (κ3) is 3.33. The van der Waals surface area contributed by atoms with Crippen molar-refractivity contribution < 1.29 is 22.7 Å². The van der Waals surface area contributed by atoms with Crippen molar-refractivity contribution in [2.45, 2.75) is 37.6 Å². The highest BCUT2D eigenvalue weighted by molar-refractivity contribution is 5.23. The number of alkyl halides is 3. The Morgan fingerprint density at radius 2 is 1.96 bits per heavy atom. The van der Waals surface area contributed by atoms with E-state index < -0.39 is 35.8 Å². The van der Waals surface area contributed by atoms with E-state index >= 15 is 0 Å². The molecule has 0 spiro atoms. The van der Waals surface area contributed by atoms with Gasteiger partial charge in [0.2, 0.25) is 0 Å². The van der Waals surface area contributed by atoms with Crippen molar-refractivity contribution in [2.75, 3.05) is 0 Å². The summed E-state index contributed by atoms with van der Waals surface area (Å²) in [7, 11) is 0. The quantitative estimate of drug-likeness (QED) is 0.869. The molecule has 1 saturated carbocycles. The van der Waals surface area contributed by atoms with Gasteiger partial charge in [0.1, 0.15) is 17.5 Å². The Morgan fingerprint density at radius 3 is 2.54 bits per heavy atom. The third-order valence-corrected chi connectivity index (χ3v) is 3.90. The van der Waals surface area contributed by atoms with Crippen molar-refractivity contribution in [3.63, 3.8) is 0 Å². The molecule has 1 fully saturated rings. The van der Waals surface area contributed by atoms with Crippen molar-refractivity contribution in [1.29, 1.82) is 0 Å². The van der Waals surface area contributed by atoms with E-state index in [0.717, 1.165) is 12.1 Å². The van der Waals surface area contributed by atoms with Crippen LogP contribution in [0.5, 0.6) is 0 Å². The largest absolute Gasteiger partial charge is 0.421 e. The first-order chi connectivity index (χ1) is 11.3. The smallest absolute Gasteiger partial charge is 0.386 e. The van der Waals surface area contributed by atoms with E-state index in [2.05, 4.69) is 5.10 Å². The first kappa shape index (κ1) is 16.6. The van der Waals surface area contributed by atoms with Crippen LogP contribution in [0.3, 0.4) is 0 Å². The number of aliphatic hydroxyl groups excluding tert-OH is 1. The van der Waals surface area contributed by atoms with E-state index in [4.69, 9.17) is 0 Å². The van der Waals surface area contributed by atoms with E-state index in [1.54, 1.807) is 0 Å². The summed E-state index contributed by atoms with van der Waals surface area (Å²) in [5.74, 6) is -0.809. The minimum atomic E-state index is -4.81. The first-order valence-corrected chi connectivity index (χ1v) is 7.39. The van der Waals surface area contributed by atoms with Crippen LogP contribution in [0.25, 0.3) is 0 Å². The van der Waals surface area contributed by atoms with Crippen LogP contribution in [-0.4, -0.2) is 14.9 Å². The molecule has 1 heterocycles. The highest BCUT2D eigenvalue weighted by atomic mass is 19.4. The lowest BCUT2D eigenvalue weighted by Gasteiger charge is -2.16. The summed E-state index contributed by atoms with van der Waals surface area (Å²) in [6.07, 6.45) is -4.88. The molecule has 1 aromatic heterocycles. The summed E-state index contributed by atoms with van der Waals surface area (Å²) in [4.78, 5) is 12.0. The van der Waals surface area contributed by atoms with Crippen molar-refractivity contribution in [3.8, 4) is 0 Å². The molecule has 24 heavy (non-hydrogen) atoms. The number of hydrogen-bond donors (Lipinski definition) is 1. The maximum Gasteiger partial charge on any atom is 0.421 e. The van der Waals surface area contributed by atoms with Gasteiger partial charge in [0.05, 0.1) is 12.2 Å². The van der Waals surface area contributed by atoms with E-state index in [-0.39, 0.29) is 17.2 Å². The Labute approximate surface area is 134 Å². The molecule has 0 bridgehead atoms. The molecule has 1 atom stereocenters. The van der Waals surface area contributed by atoms with Gasteiger partial charge in [0.15, 0.2) is 0 Å². The number of halogens is 4.